The molecule has 1 aromatic carbocycles. The van der Waals surface area contributed by atoms with Crippen molar-refractivity contribution in [1.82, 2.24) is 19.4 Å². The lowest BCUT2D eigenvalue weighted by atomic mass is 10.1. The summed E-state index contributed by atoms with van der Waals surface area (Å²) in [4.78, 5) is 25.9. The third-order valence-electron chi connectivity index (χ3n) is 6.35. The van der Waals surface area contributed by atoms with E-state index in [9.17, 15) is 4.79 Å². The normalized spacial score (nSPS) is 19.4. The number of imidazole rings is 1. The van der Waals surface area contributed by atoms with E-state index < -0.39 is 0 Å². The van der Waals surface area contributed by atoms with Crippen LogP contribution in [0.15, 0.2) is 65.7 Å². The summed E-state index contributed by atoms with van der Waals surface area (Å²) in [5, 5.41) is 6.23. The largest absolute Gasteiger partial charge is 0.364 e. The summed E-state index contributed by atoms with van der Waals surface area (Å²) in [5.74, 6) is 2.10. The van der Waals surface area contributed by atoms with E-state index in [0.29, 0.717) is 24.1 Å². The Labute approximate surface area is 199 Å². The Bertz CT molecular complexity index is 1350. The number of anilines is 2. The van der Waals surface area contributed by atoms with Crippen LogP contribution in [0.1, 0.15) is 47.9 Å². The van der Waals surface area contributed by atoms with Gasteiger partial charge in [0.05, 0.1) is 12.2 Å². The van der Waals surface area contributed by atoms with E-state index in [1.165, 1.54) is 30.3 Å². The van der Waals surface area contributed by atoms with Crippen LogP contribution in [-0.2, 0) is 11.3 Å². The highest BCUT2D eigenvalue weighted by atomic mass is 79.9. The molecular formula is C25H23BrN6O. The van der Waals surface area contributed by atoms with E-state index in [-0.39, 0.29) is 17.7 Å². The van der Waals surface area contributed by atoms with Gasteiger partial charge < -0.3 is 15.0 Å². The van der Waals surface area contributed by atoms with Crippen LogP contribution in [0.5, 0.6) is 0 Å². The van der Waals surface area contributed by atoms with Crippen molar-refractivity contribution in [3.63, 3.8) is 0 Å². The molecule has 2 aliphatic rings. The van der Waals surface area contributed by atoms with E-state index in [1.807, 2.05) is 18.3 Å². The van der Waals surface area contributed by atoms with Crippen molar-refractivity contribution in [2.24, 2.45) is 5.92 Å². The van der Waals surface area contributed by atoms with Gasteiger partial charge in [0, 0.05) is 28.9 Å². The molecule has 166 valence electrons. The van der Waals surface area contributed by atoms with Crippen molar-refractivity contribution in [2.75, 3.05) is 10.6 Å². The molecule has 1 amide bonds. The third kappa shape index (κ3) is 4.48. The molecule has 2 atom stereocenters. The lowest BCUT2D eigenvalue weighted by molar-refractivity contribution is -0.117. The molecule has 0 radical (unpaired) electrons. The summed E-state index contributed by atoms with van der Waals surface area (Å²) in [5.41, 5.74) is 4.44. The molecule has 4 aromatic rings. The lowest BCUT2D eigenvalue weighted by Gasteiger charge is -2.07. The van der Waals surface area contributed by atoms with Crippen molar-refractivity contribution in [3.05, 3.63) is 82.5 Å². The first-order valence-electron chi connectivity index (χ1n) is 11.2. The third-order valence-corrected chi connectivity index (χ3v) is 6.84. The zero-order valence-corrected chi connectivity index (χ0v) is 19.5. The van der Waals surface area contributed by atoms with Crippen LogP contribution in [-0.4, -0.2) is 25.3 Å². The predicted octanol–water partition coefficient (Wildman–Crippen LogP) is 5.12. The van der Waals surface area contributed by atoms with Gasteiger partial charge in [0.2, 0.25) is 5.91 Å². The quantitative estimate of drug-likeness (QED) is 0.366. The monoisotopic (exact) mass is 502 g/mol. The molecule has 2 fully saturated rings. The Balaban J connectivity index is 1.08. The summed E-state index contributed by atoms with van der Waals surface area (Å²) in [6.07, 6.45) is 9.12. The number of carbonyl (C=O) groups is 1. The number of rotatable bonds is 7. The fourth-order valence-corrected chi connectivity index (χ4v) is 4.73. The molecule has 33 heavy (non-hydrogen) atoms. The molecule has 2 saturated carbocycles. The van der Waals surface area contributed by atoms with Gasteiger partial charge in [-0.1, -0.05) is 34.1 Å². The van der Waals surface area contributed by atoms with Crippen LogP contribution < -0.4 is 10.6 Å². The Morgan fingerprint density at radius 1 is 1.06 bits per heavy atom. The second-order valence-corrected chi connectivity index (χ2v) is 9.79. The number of aromatic nitrogens is 4. The van der Waals surface area contributed by atoms with Crippen LogP contribution in [0.4, 0.5) is 11.6 Å². The minimum atomic E-state index is -0.0239. The SMILES string of the molecule is O=C(Nc1cc(NCc2cn3cc(C4CC4)ccc3n2)ncn1)C1CC1c1cccc(Br)c1. The van der Waals surface area contributed by atoms with Gasteiger partial charge in [0.25, 0.3) is 0 Å². The van der Waals surface area contributed by atoms with Gasteiger partial charge in [-0.05, 0) is 60.4 Å². The number of fused-ring (bicyclic) bond motifs is 1. The summed E-state index contributed by atoms with van der Waals surface area (Å²) < 4.78 is 3.12. The highest BCUT2D eigenvalue weighted by Crippen LogP contribution is 2.48. The second-order valence-electron chi connectivity index (χ2n) is 8.87. The highest BCUT2D eigenvalue weighted by molar-refractivity contribution is 9.10. The summed E-state index contributed by atoms with van der Waals surface area (Å²) >= 11 is 3.50. The first-order chi connectivity index (χ1) is 16.1. The number of halogens is 1. The van der Waals surface area contributed by atoms with Crippen molar-refractivity contribution in [1.29, 1.82) is 0 Å². The molecule has 6 rings (SSSR count). The van der Waals surface area contributed by atoms with Crippen LogP contribution in [0, 0.1) is 5.92 Å². The summed E-state index contributed by atoms with van der Waals surface area (Å²) in [7, 11) is 0. The van der Waals surface area contributed by atoms with Crippen molar-refractivity contribution in [2.45, 2.75) is 37.6 Å². The molecule has 2 aliphatic carbocycles. The Morgan fingerprint density at radius 3 is 2.79 bits per heavy atom. The van der Waals surface area contributed by atoms with E-state index >= 15 is 0 Å². The molecule has 2 unspecified atom stereocenters. The zero-order valence-electron chi connectivity index (χ0n) is 17.9. The minimum absolute atomic E-state index is 0.00329. The zero-order chi connectivity index (χ0) is 22.4. The van der Waals surface area contributed by atoms with Gasteiger partial charge >= 0.3 is 0 Å². The molecule has 0 spiro atoms. The minimum Gasteiger partial charge on any atom is -0.364 e. The second kappa shape index (κ2) is 8.26. The average Bonchev–Trinajstić information content (AvgIpc) is 3.74. The standard InChI is InChI=1S/C25H23BrN6O/c26-18-3-1-2-16(8-18)20-9-21(20)25(33)31-23-10-22(28-14-29-23)27-11-19-13-32-12-17(15-4-5-15)6-7-24(32)30-19/h1-3,6-8,10,12-15,20-21H,4-5,9,11H2,(H2,27,28,29,31,33). The number of nitrogens with zero attached hydrogens (tertiary/aromatic N) is 4. The fourth-order valence-electron chi connectivity index (χ4n) is 4.32. The van der Waals surface area contributed by atoms with Gasteiger partial charge in [-0.25, -0.2) is 15.0 Å². The van der Waals surface area contributed by atoms with Gasteiger partial charge in [0.1, 0.15) is 23.6 Å². The molecule has 2 N–H and O–H groups in total. The molecule has 7 nitrogen and oxygen atoms in total. The van der Waals surface area contributed by atoms with E-state index in [4.69, 9.17) is 0 Å². The van der Waals surface area contributed by atoms with Gasteiger partial charge in [0.15, 0.2) is 0 Å². The highest BCUT2D eigenvalue weighted by Gasteiger charge is 2.44. The molecule has 0 saturated heterocycles. The van der Waals surface area contributed by atoms with E-state index in [0.717, 1.165) is 22.2 Å². The fraction of sp³-hybridized carbons (Fsp3) is 0.280. The van der Waals surface area contributed by atoms with Crippen LogP contribution in [0.3, 0.4) is 0 Å². The number of pyridine rings is 1. The molecule has 8 heteroatoms. The van der Waals surface area contributed by atoms with Crippen LogP contribution in [0.2, 0.25) is 0 Å². The number of hydrogen-bond donors (Lipinski definition) is 2. The topological polar surface area (TPSA) is 84.2 Å². The molecule has 0 aliphatic heterocycles. The lowest BCUT2D eigenvalue weighted by Crippen LogP contribution is -2.16. The first-order valence-corrected chi connectivity index (χ1v) is 12.0. The van der Waals surface area contributed by atoms with Crippen molar-refractivity contribution in [3.8, 4) is 0 Å². The molecule has 3 heterocycles. The maximum Gasteiger partial charge on any atom is 0.229 e. The average molecular weight is 503 g/mol. The number of nitrogens with one attached hydrogen (secondary N) is 2. The van der Waals surface area contributed by atoms with Gasteiger partial charge in [-0.2, -0.15) is 0 Å². The number of amides is 1. The number of hydrogen-bond acceptors (Lipinski definition) is 5. The van der Waals surface area contributed by atoms with E-state index in [1.54, 1.807) is 6.07 Å². The van der Waals surface area contributed by atoms with E-state index in [2.05, 4.69) is 76.4 Å². The molecule has 3 aromatic heterocycles. The Morgan fingerprint density at radius 2 is 1.94 bits per heavy atom. The maximum atomic E-state index is 12.7. The summed E-state index contributed by atoms with van der Waals surface area (Å²) in [6, 6.07) is 14.2. The molecule has 0 bridgehead atoms. The first kappa shape index (κ1) is 20.4. The van der Waals surface area contributed by atoms with Gasteiger partial charge in [-0.3, -0.25) is 4.79 Å². The van der Waals surface area contributed by atoms with Crippen LogP contribution >= 0.6 is 15.9 Å². The van der Waals surface area contributed by atoms with Gasteiger partial charge in [-0.15, -0.1) is 0 Å². The maximum absolute atomic E-state index is 12.7. The smallest absolute Gasteiger partial charge is 0.229 e. The number of carbonyl (C=O) groups excluding carboxylic acids is 1. The van der Waals surface area contributed by atoms with Crippen LogP contribution in [0.25, 0.3) is 5.65 Å². The Kier molecular flexibility index (Phi) is 5.10. The summed E-state index contributed by atoms with van der Waals surface area (Å²) in [6.45, 7) is 0.540. The Hall–Kier alpha value is -3.26. The number of benzene rings is 1. The van der Waals surface area contributed by atoms with Crippen molar-refractivity contribution >= 4 is 39.1 Å². The van der Waals surface area contributed by atoms with Crippen molar-refractivity contribution < 1.29 is 4.79 Å². The predicted molar refractivity (Wildman–Crippen MR) is 130 cm³/mol. The molecular weight excluding hydrogens is 480 g/mol.